The first kappa shape index (κ1) is 19.1. The molecule has 21 heavy (non-hydrogen) atoms. The standard InChI is InChI=1S/C8H9.3C4H9.Sn/c1-7-4-3-5-8(2)6-7;3*1-3-4-2;/h3-6H,1H2,2H3;3*1,3-4H2,2H3;. The summed E-state index contributed by atoms with van der Waals surface area (Å²) in [4.78, 5) is 0. The second-order valence-corrected chi connectivity index (χ2v) is 20.8. The predicted octanol–water partition coefficient (Wildman–Crippen LogP) is 6.93. The van der Waals surface area contributed by atoms with Crippen molar-refractivity contribution in [3.05, 3.63) is 35.4 Å². The van der Waals surface area contributed by atoms with Gasteiger partial charge in [0, 0.05) is 0 Å². The summed E-state index contributed by atoms with van der Waals surface area (Å²) >= 11 is -1.98. The molecule has 1 aromatic rings. The van der Waals surface area contributed by atoms with Crippen molar-refractivity contribution in [2.24, 2.45) is 0 Å². The van der Waals surface area contributed by atoms with Crippen LogP contribution in [0, 0.1) is 6.92 Å². The number of unbranched alkanes of at least 4 members (excludes halogenated alkanes) is 3. The van der Waals surface area contributed by atoms with E-state index in [4.69, 9.17) is 0 Å². The molecule has 0 unspecified atom stereocenters. The number of aryl methyl sites for hydroxylation is 1. The number of rotatable bonds is 11. The van der Waals surface area contributed by atoms with E-state index in [1.165, 1.54) is 48.5 Å². The van der Waals surface area contributed by atoms with Crippen LogP contribution in [-0.2, 0) is 4.44 Å². The van der Waals surface area contributed by atoms with E-state index in [-0.39, 0.29) is 0 Å². The van der Waals surface area contributed by atoms with Crippen molar-refractivity contribution in [2.75, 3.05) is 0 Å². The molecule has 0 nitrogen and oxygen atoms in total. The van der Waals surface area contributed by atoms with Crippen molar-refractivity contribution in [3.63, 3.8) is 0 Å². The zero-order valence-corrected chi connectivity index (χ0v) is 17.7. The van der Waals surface area contributed by atoms with Crippen molar-refractivity contribution in [1.29, 1.82) is 0 Å². The summed E-state index contributed by atoms with van der Waals surface area (Å²) in [5, 5.41) is 0. The van der Waals surface area contributed by atoms with Crippen LogP contribution in [0.3, 0.4) is 0 Å². The van der Waals surface area contributed by atoms with Gasteiger partial charge in [0.25, 0.3) is 0 Å². The van der Waals surface area contributed by atoms with E-state index in [2.05, 4.69) is 52.0 Å². The molecule has 0 N–H and O–H groups in total. The monoisotopic (exact) mass is 396 g/mol. The van der Waals surface area contributed by atoms with Gasteiger partial charge in [-0.25, -0.2) is 0 Å². The van der Waals surface area contributed by atoms with Crippen LogP contribution in [0.25, 0.3) is 0 Å². The van der Waals surface area contributed by atoms with Gasteiger partial charge in [-0.1, -0.05) is 0 Å². The Labute approximate surface area is 137 Å². The Kier molecular flexibility index (Phi) is 9.71. The molecule has 120 valence electrons. The Bertz CT molecular complexity index is 361. The third kappa shape index (κ3) is 7.21. The summed E-state index contributed by atoms with van der Waals surface area (Å²) < 4.78 is 6.37. The van der Waals surface area contributed by atoms with Crippen molar-refractivity contribution >= 4 is 18.4 Å². The van der Waals surface area contributed by atoms with E-state index in [0.717, 1.165) is 0 Å². The van der Waals surface area contributed by atoms with E-state index < -0.39 is 18.4 Å². The van der Waals surface area contributed by atoms with Gasteiger partial charge in [0.05, 0.1) is 0 Å². The number of benzene rings is 1. The third-order valence-corrected chi connectivity index (χ3v) is 20.3. The van der Waals surface area contributed by atoms with Gasteiger partial charge in [-0.2, -0.15) is 0 Å². The van der Waals surface area contributed by atoms with Gasteiger partial charge < -0.3 is 0 Å². The first-order chi connectivity index (χ1) is 10.2. The molecule has 1 aromatic carbocycles. The molecule has 0 aromatic heterocycles. The van der Waals surface area contributed by atoms with Gasteiger partial charge in [0.1, 0.15) is 0 Å². The van der Waals surface area contributed by atoms with E-state index in [0.29, 0.717) is 0 Å². The predicted molar refractivity (Wildman–Crippen MR) is 99.8 cm³/mol. The molecule has 0 radical (unpaired) electrons. The fourth-order valence-corrected chi connectivity index (χ4v) is 19.8. The van der Waals surface area contributed by atoms with Crippen molar-refractivity contribution < 1.29 is 0 Å². The Balaban J connectivity index is 2.88. The minimum absolute atomic E-state index is 1.38. The number of hydrogen-bond donors (Lipinski definition) is 0. The Morgan fingerprint density at radius 3 is 1.76 bits per heavy atom. The molecular weight excluding hydrogens is 359 g/mol. The molecule has 0 bridgehead atoms. The van der Waals surface area contributed by atoms with Gasteiger partial charge in [0.2, 0.25) is 0 Å². The zero-order chi connectivity index (χ0) is 15.6. The summed E-state index contributed by atoms with van der Waals surface area (Å²) in [6.45, 7) is 9.33. The Morgan fingerprint density at radius 2 is 1.33 bits per heavy atom. The summed E-state index contributed by atoms with van der Waals surface area (Å²) in [5.41, 5.74) is 3.09. The quantitative estimate of drug-likeness (QED) is 0.357. The first-order valence-corrected chi connectivity index (χ1v) is 17.3. The summed E-state index contributed by atoms with van der Waals surface area (Å²) in [5.74, 6) is 0. The van der Waals surface area contributed by atoms with Crippen LogP contribution in [0.2, 0.25) is 13.3 Å². The van der Waals surface area contributed by atoms with E-state index in [1.54, 1.807) is 18.9 Å². The fraction of sp³-hybridized carbons (Fsp3) is 0.700. The van der Waals surface area contributed by atoms with Crippen molar-refractivity contribution in [1.82, 2.24) is 0 Å². The Morgan fingerprint density at radius 1 is 0.810 bits per heavy atom. The van der Waals surface area contributed by atoms with Gasteiger partial charge in [-0.15, -0.1) is 0 Å². The topological polar surface area (TPSA) is 0 Å². The molecule has 0 saturated carbocycles. The maximum atomic E-state index is 2.45. The molecule has 0 aliphatic heterocycles. The van der Waals surface area contributed by atoms with Crippen LogP contribution in [0.5, 0.6) is 0 Å². The first-order valence-electron chi connectivity index (χ1n) is 9.21. The average molecular weight is 395 g/mol. The molecule has 0 heterocycles. The van der Waals surface area contributed by atoms with Crippen molar-refractivity contribution in [3.8, 4) is 0 Å². The molecule has 0 aliphatic rings. The molecule has 0 saturated heterocycles. The van der Waals surface area contributed by atoms with Gasteiger partial charge in [-0.3, -0.25) is 0 Å². The van der Waals surface area contributed by atoms with Gasteiger partial charge >= 0.3 is 138 Å². The molecule has 1 rings (SSSR count). The molecule has 1 heteroatoms. The van der Waals surface area contributed by atoms with Crippen LogP contribution < -0.4 is 0 Å². The van der Waals surface area contributed by atoms with Crippen molar-refractivity contribution in [2.45, 2.75) is 84.0 Å². The third-order valence-electron chi connectivity index (χ3n) is 4.84. The minimum atomic E-state index is -1.98. The van der Waals surface area contributed by atoms with Gasteiger partial charge in [0.15, 0.2) is 0 Å². The van der Waals surface area contributed by atoms with Crippen LogP contribution in [0.4, 0.5) is 0 Å². The van der Waals surface area contributed by atoms with Gasteiger partial charge in [-0.05, 0) is 0 Å². The molecule has 0 aliphatic carbocycles. The molecule has 0 fully saturated rings. The van der Waals surface area contributed by atoms with E-state index >= 15 is 0 Å². The molecule has 0 spiro atoms. The Hall–Kier alpha value is 0.0187. The second kappa shape index (κ2) is 10.7. The van der Waals surface area contributed by atoms with Crippen LogP contribution in [0.1, 0.15) is 70.4 Å². The summed E-state index contributed by atoms with van der Waals surface area (Å²) in [6.07, 6.45) is 8.58. The zero-order valence-electron chi connectivity index (χ0n) is 14.9. The van der Waals surface area contributed by atoms with Crippen LogP contribution >= 0.6 is 0 Å². The normalized spacial score (nSPS) is 11.8. The van der Waals surface area contributed by atoms with Crippen LogP contribution in [-0.4, -0.2) is 18.4 Å². The fourth-order valence-electron chi connectivity index (χ4n) is 3.55. The average Bonchev–Trinajstić information content (AvgIpc) is 2.48. The number of hydrogen-bond acceptors (Lipinski definition) is 0. The summed E-state index contributed by atoms with van der Waals surface area (Å²) in [6, 6.07) is 9.35. The molecule has 0 amide bonds. The van der Waals surface area contributed by atoms with E-state index in [9.17, 15) is 0 Å². The molecule has 0 atom stereocenters. The van der Waals surface area contributed by atoms with Crippen LogP contribution in [0.15, 0.2) is 24.3 Å². The second-order valence-electron chi connectivity index (χ2n) is 6.98. The molecular formula is C20H36Sn. The summed E-state index contributed by atoms with van der Waals surface area (Å²) in [7, 11) is 0. The SMILES string of the molecule is CCC[CH2][Sn]([CH2]CCC)([CH2]CCC)[CH2]c1cccc(C)c1. The van der Waals surface area contributed by atoms with E-state index in [1.807, 2.05) is 0 Å². The maximum absolute atomic E-state index is 2.45.